The Morgan fingerprint density at radius 1 is 0.793 bits per heavy atom. The highest BCUT2D eigenvalue weighted by Crippen LogP contribution is 2.37. The van der Waals surface area contributed by atoms with E-state index >= 15 is 0 Å². The van der Waals surface area contributed by atoms with Crippen LogP contribution in [0.15, 0.2) is 118 Å². The van der Waals surface area contributed by atoms with Gasteiger partial charge in [-0.05, 0) is 91.8 Å². The first-order chi connectivity index (χ1) is 39.5. The molecule has 2 aliphatic heterocycles. The van der Waals surface area contributed by atoms with Gasteiger partial charge < -0.3 is 44.1 Å². The third kappa shape index (κ3) is 13.3. The van der Waals surface area contributed by atoms with Gasteiger partial charge in [-0.25, -0.2) is 18.2 Å². The second-order valence-electron chi connectivity index (χ2n) is 20.4. The molecule has 4 amide bonds. The average molecular weight is 1160 g/mol. The van der Waals surface area contributed by atoms with Crippen molar-refractivity contribution in [2.45, 2.75) is 77.0 Å². The molecule has 7 aromatic rings. The van der Waals surface area contributed by atoms with Crippen LogP contribution >= 0.6 is 11.3 Å². The van der Waals surface area contributed by atoms with E-state index in [0.29, 0.717) is 66.4 Å². The van der Waals surface area contributed by atoms with Crippen LogP contribution in [-0.2, 0) is 56.3 Å². The van der Waals surface area contributed by atoms with Crippen LogP contribution in [0.5, 0.6) is 23.0 Å². The summed E-state index contributed by atoms with van der Waals surface area (Å²) in [7, 11) is -1.10. The van der Waals surface area contributed by atoms with Crippen LogP contribution in [0.25, 0.3) is 21.5 Å². The van der Waals surface area contributed by atoms with Crippen LogP contribution in [0, 0.1) is 12.8 Å². The number of thiazole rings is 1. The molecule has 0 radical (unpaired) electrons. The molecule has 22 heteroatoms. The fourth-order valence-corrected chi connectivity index (χ4v) is 12.1. The lowest BCUT2D eigenvalue weighted by atomic mass is 10.0. The molecular weight excluding hydrogens is 1090 g/mol. The number of benzene rings is 5. The average Bonchev–Trinajstić information content (AvgIpc) is 4.03. The lowest BCUT2D eigenvalue weighted by molar-refractivity contribution is -0.143. The summed E-state index contributed by atoms with van der Waals surface area (Å²) >= 11 is 1.51. The second-order valence-corrected chi connectivity index (χ2v) is 22.9. The molecule has 1 saturated heterocycles. The number of hydrogen-bond acceptors (Lipinski definition) is 14. The minimum Gasteiger partial charge on any atom is -0.493 e. The first-order valence-electron chi connectivity index (χ1n) is 27.3. The van der Waals surface area contributed by atoms with Gasteiger partial charge in [0.25, 0.3) is 21.8 Å². The summed E-state index contributed by atoms with van der Waals surface area (Å²) in [6.45, 7) is 10.4. The van der Waals surface area contributed by atoms with Crippen molar-refractivity contribution in [2.75, 3.05) is 57.5 Å². The van der Waals surface area contributed by atoms with Crippen LogP contribution < -0.4 is 35.3 Å². The number of nitrogens with zero attached hydrogens (tertiary/aromatic N) is 5. The number of rotatable bonds is 26. The lowest BCUT2D eigenvalue weighted by Gasteiger charge is -2.35. The number of aromatic nitrogens is 3. The van der Waals surface area contributed by atoms with Gasteiger partial charge in [0.1, 0.15) is 35.9 Å². The normalized spacial score (nSPS) is 14.5. The molecule has 20 nitrogen and oxygen atoms in total. The lowest BCUT2D eigenvalue weighted by Crippen LogP contribution is -2.55. The maximum Gasteiger partial charge on any atom is 0.328 e. The molecule has 1 unspecified atom stereocenters. The maximum absolute atomic E-state index is 14.3. The Hall–Kier alpha value is -8.05. The highest BCUT2D eigenvalue weighted by molar-refractivity contribution is 7.92. The Bertz CT molecular complexity index is 3650. The van der Waals surface area contributed by atoms with E-state index in [1.54, 1.807) is 65.8 Å². The van der Waals surface area contributed by atoms with Crippen LogP contribution in [0.4, 0.5) is 5.69 Å². The molecule has 2 aromatic heterocycles. The smallest absolute Gasteiger partial charge is 0.328 e. The number of amides is 4. The quantitative estimate of drug-likeness (QED) is 0.0440. The van der Waals surface area contributed by atoms with Gasteiger partial charge in [-0.3, -0.25) is 33.0 Å². The molecule has 432 valence electrons. The first-order valence-corrected chi connectivity index (χ1v) is 29.7. The van der Waals surface area contributed by atoms with Crippen molar-refractivity contribution < 1.29 is 51.3 Å². The van der Waals surface area contributed by atoms with Crippen molar-refractivity contribution in [3.05, 3.63) is 147 Å². The highest BCUT2D eigenvalue weighted by Gasteiger charge is 2.44. The molecule has 2 atom stereocenters. The predicted molar refractivity (Wildman–Crippen MR) is 311 cm³/mol. The van der Waals surface area contributed by atoms with Gasteiger partial charge in [-0.15, -0.1) is 11.3 Å². The zero-order chi connectivity index (χ0) is 58.1. The van der Waals surface area contributed by atoms with Gasteiger partial charge in [-0.1, -0.05) is 63.2 Å². The van der Waals surface area contributed by atoms with Gasteiger partial charge in [0.05, 0.1) is 70.7 Å². The molecule has 0 spiro atoms. The maximum atomic E-state index is 14.3. The monoisotopic (exact) mass is 1160 g/mol. The predicted octanol–water partition coefficient (Wildman–Crippen LogP) is 7.82. The van der Waals surface area contributed by atoms with Crippen molar-refractivity contribution in [3.8, 4) is 33.4 Å². The number of hydrogen-bond donors (Lipinski definition) is 3. The molecule has 5 aromatic carbocycles. The molecule has 3 N–H and O–H groups in total. The number of anilines is 1. The molecule has 82 heavy (non-hydrogen) atoms. The Morgan fingerprint density at radius 3 is 2.29 bits per heavy atom. The molecule has 9 rings (SSSR count). The number of carbonyl (C=O) groups is 4. The minimum atomic E-state index is -4.30. The van der Waals surface area contributed by atoms with E-state index in [2.05, 4.69) is 20.3 Å². The zero-order valence-electron chi connectivity index (χ0n) is 46.8. The van der Waals surface area contributed by atoms with Gasteiger partial charge in [-0.2, -0.15) is 0 Å². The van der Waals surface area contributed by atoms with Crippen LogP contribution in [0.1, 0.15) is 77.6 Å². The molecule has 0 bridgehead atoms. The van der Waals surface area contributed by atoms with E-state index in [9.17, 15) is 32.4 Å². The first kappa shape index (κ1) is 58.6. The number of imidazole rings is 1. The highest BCUT2D eigenvalue weighted by atomic mass is 32.2. The number of aryl methyl sites for hydroxylation is 3. The summed E-state index contributed by atoms with van der Waals surface area (Å²) in [4.78, 5) is 76.3. The Kier molecular flexibility index (Phi) is 18.8. The summed E-state index contributed by atoms with van der Waals surface area (Å²) < 4.78 is 63.2. The summed E-state index contributed by atoms with van der Waals surface area (Å²) in [5.41, 5.74) is 6.67. The van der Waals surface area contributed by atoms with Gasteiger partial charge >= 0.3 is 5.69 Å². The van der Waals surface area contributed by atoms with Crippen LogP contribution in [0.3, 0.4) is 0 Å². The van der Waals surface area contributed by atoms with Crippen molar-refractivity contribution in [3.63, 3.8) is 0 Å². The SMILES string of the molecule is CCCOc1cccc(Oc2cc3c(cc2NS(=O)(=O)c2cccc(C(=O)NCCOCCOCCOc4cc(-c5scnc5C)ccc4CNC(=O)[C@@H]4CCCN4C(=O)C(C(C)C)N4Cc5ccccc5C4=O)c2)n(C)c(=O)n3C)c1. The molecular formula is C60H68N8O12S2. The number of fused-ring (bicyclic) bond motifs is 2. The molecule has 2 aliphatic rings. The molecule has 0 aliphatic carbocycles. The molecule has 4 heterocycles. The standard InChI is InChI=1S/C60H68N8O12S2/c1-7-24-78-44-15-11-16-45(32-44)80-53-34-51-50(65(5)60(73)66(51)6)33-48(53)64-82(74,75)46-17-10-14-41(30-46)56(69)61-22-25-76-26-27-77-28-29-79-52-31-40(55-39(4)63-37-81-55)20-21-42(52)35-62-57(70)49-19-12-23-67(49)59(72)54(38(2)3)68-36-43-13-8-9-18-47(43)58(68)71/h8-11,13-18,20-21,30-34,37-38,49,54,64H,7,12,19,22-29,35-36H2,1-6H3,(H,61,69)(H,62,70)/t49-,54?/m0/s1. The number of ether oxygens (including phenoxy) is 5. The Morgan fingerprint density at radius 2 is 1.54 bits per heavy atom. The van der Waals surface area contributed by atoms with Crippen LogP contribution in [0.2, 0.25) is 0 Å². The van der Waals surface area contributed by atoms with E-state index in [1.165, 1.54) is 50.8 Å². The Balaban J connectivity index is 0.742. The van der Waals surface area contributed by atoms with E-state index in [1.807, 2.05) is 64.1 Å². The van der Waals surface area contributed by atoms with E-state index in [-0.39, 0.29) is 97.3 Å². The number of likely N-dealkylation sites (tertiary alicyclic amines) is 1. The number of carbonyl (C=O) groups excluding carboxylic acids is 4. The fraction of sp³-hybridized carbons (Fsp3) is 0.367. The largest absolute Gasteiger partial charge is 0.493 e. The van der Waals surface area contributed by atoms with E-state index < -0.39 is 28.0 Å². The van der Waals surface area contributed by atoms with Crippen LogP contribution in [-0.4, -0.2) is 121 Å². The fourth-order valence-electron chi connectivity index (χ4n) is 10.2. The summed E-state index contributed by atoms with van der Waals surface area (Å²) in [6, 6.07) is 27.5. The van der Waals surface area contributed by atoms with Crippen molar-refractivity contribution in [1.29, 1.82) is 0 Å². The summed E-state index contributed by atoms with van der Waals surface area (Å²) in [5.74, 6) is 0.309. The van der Waals surface area contributed by atoms with Crippen molar-refractivity contribution in [1.82, 2.24) is 34.6 Å². The minimum absolute atomic E-state index is 0.0714. The molecule has 1 fully saturated rings. The number of nitrogens with one attached hydrogen (secondary N) is 3. The van der Waals surface area contributed by atoms with Crippen molar-refractivity contribution >= 4 is 61.7 Å². The van der Waals surface area contributed by atoms with Gasteiger partial charge in [0.15, 0.2) is 5.75 Å². The zero-order valence-corrected chi connectivity index (χ0v) is 48.4. The summed E-state index contributed by atoms with van der Waals surface area (Å²) in [6.07, 6.45) is 1.98. The van der Waals surface area contributed by atoms with Gasteiger partial charge in [0.2, 0.25) is 11.8 Å². The summed E-state index contributed by atoms with van der Waals surface area (Å²) in [5, 5.41) is 5.83. The third-order valence-corrected chi connectivity index (χ3v) is 16.7. The topological polar surface area (TPSA) is 231 Å². The van der Waals surface area contributed by atoms with E-state index in [0.717, 1.165) is 33.7 Å². The second kappa shape index (κ2) is 26.2. The van der Waals surface area contributed by atoms with E-state index in [4.69, 9.17) is 23.7 Å². The molecule has 0 saturated carbocycles. The number of sulfonamides is 1. The van der Waals surface area contributed by atoms with Gasteiger partial charge in [0, 0.05) is 69.1 Å². The Labute approximate surface area is 480 Å². The third-order valence-electron chi connectivity index (χ3n) is 14.4. The van der Waals surface area contributed by atoms with Crippen molar-refractivity contribution in [2.24, 2.45) is 20.0 Å².